The fourth-order valence-corrected chi connectivity index (χ4v) is 2.14. The molecule has 0 unspecified atom stereocenters. The molecular formula is C13H18FN5O. The molecule has 1 aromatic rings. The first-order valence-corrected chi connectivity index (χ1v) is 6.44. The Labute approximate surface area is 116 Å². The van der Waals surface area contributed by atoms with Crippen LogP contribution in [-0.4, -0.2) is 18.0 Å². The largest absolute Gasteiger partial charge is 0.488 e. The summed E-state index contributed by atoms with van der Waals surface area (Å²) in [5, 5.41) is 0. The summed E-state index contributed by atoms with van der Waals surface area (Å²) in [5.74, 6) is -0.306. The van der Waals surface area contributed by atoms with Crippen molar-refractivity contribution in [2.75, 3.05) is 0 Å². The van der Waals surface area contributed by atoms with E-state index in [1.54, 1.807) is 0 Å². The number of aliphatic imine (C=N–C) groups is 2. The zero-order valence-electron chi connectivity index (χ0n) is 11.1. The van der Waals surface area contributed by atoms with E-state index in [0.717, 1.165) is 25.7 Å². The zero-order chi connectivity index (χ0) is 14.5. The van der Waals surface area contributed by atoms with Crippen LogP contribution in [0.2, 0.25) is 0 Å². The quantitative estimate of drug-likeness (QED) is 0.573. The Balaban J connectivity index is 2.25. The van der Waals surface area contributed by atoms with Crippen LogP contribution in [0, 0.1) is 5.82 Å². The molecule has 0 spiro atoms. The number of benzene rings is 1. The molecule has 0 amide bonds. The maximum absolute atomic E-state index is 13.3. The lowest BCUT2D eigenvalue weighted by molar-refractivity contribution is 0.210. The van der Waals surface area contributed by atoms with Gasteiger partial charge in [0.05, 0.1) is 6.10 Å². The Kier molecular flexibility index (Phi) is 4.39. The van der Waals surface area contributed by atoms with Gasteiger partial charge in [-0.15, -0.1) is 0 Å². The monoisotopic (exact) mass is 279 g/mol. The number of nitrogens with two attached hydrogens (primary N) is 3. The Morgan fingerprint density at radius 3 is 2.55 bits per heavy atom. The molecule has 6 N–H and O–H groups in total. The highest BCUT2D eigenvalue weighted by Crippen LogP contribution is 2.32. The summed E-state index contributed by atoms with van der Waals surface area (Å²) in [4.78, 5) is 7.58. The number of rotatable bonds is 3. The van der Waals surface area contributed by atoms with Crippen LogP contribution in [0.15, 0.2) is 28.2 Å². The van der Waals surface area contributed by atoms with Gasteiger partial charge in [0, 0.05) is 6.07 Å². The average Bonchev–Trinajstić information content (AvgIpc) is 2.84. The summed E-state index contributed by atoms with van der Waals surface area (Å²) in [6.07, 6.45) is 4.40. The van der Waals surface area contributed by atoms with Gasteiger partial charge >= 0.3 is 0 Å². The molecule has 0 aromatic heterocycles. The lowest BCUT2D eigenvalue weighted by Crippen LogP contribution is -2.26. The number of ether oxygens (including phenoxy) is 1. The third kappa shape index (κ3) is 3.84. The molecule has 0 atom stereocenters. The molecule has 1 aliphatic carbocycles. The van der Waals surface area contributed by atoms with Gasteiger partial charge in [0.15, 0.2) is 5.96 Å². The van der Waals surface area contributed by atoms with Crippen LogP contribution in [0.25, 0.3) is 0 Å². The molecule has 1 aromatic carbocycles. The normalized spacial score (nSPS) is 16.1. The highest BCUT2D eigenvalue weighted by molar-refractivity contribution is 5.93. The summed E-state index contributed by atoms with van der Waals surface area (Å²) in [7, 11) is 0. The van der Waals surface area contributed by atoms with Gasteiger partial charge in [0.2, 0.25) is 5.96 Å². The van der Waals surface area contributed by atoms with Crippen LogP contribution >= 0.6 is 0 Å². The van der Waals surface area contributed by atoms with Gasteiger partial charge in [-0.25, -0.2) is 9.38 Å². The van der Waals surface area contributed by atoms with Crippen molar-refractivity contribution in [2.45, 2.75) is 31.8 Å². The van der Waals surface area contributed by atoms with Gasteiger partial charge in [0.25, 0.3) is 0 Å². The van der Waals surface area contributed by atoms with E-state index >= 15 is 0 Å². The molecular weight excluding hydrogens is 261 g/mol. The van der Waals surface area contributed by atoms with E-state index in [1.807, 2.05) is 0 Å². The minimum atomic E-state index is -0.431. The van der Waals surface area contributed by atoms with Gasteiger partial charge in [0.1, 0.15) is 17.3 Å². The molecule has 0 bridgehead atoms. The number of halogens is 1. The van der Waals surface area contributed by atoms with Crippen LogP contribution in [0.4, 0.5) is 10.1 Å². The molecule has 1 saturated carbocycles. The predicted octanol–water partition coefficient (Wildman–Crippen LogP) is 1.37. The molecule has 0 saturated heterocycles. The van der Waals surface area contributed by atoms with Crippen molar-refractivity contribution in [2.24, 2.45) is 27.2 Å². The predicted molar refractivity (Wildman–Crippen MR) is 76.4 cm³/mol. The zero-order valence-corrected chi connectivity index (χ0v) is 11.1. The molecule has 6 nitrogen and oxygen atoms in total. The van der Waals surface area contributed by atoms with Crippen molar-refractivity contribution in [3.05, 3.63) is 24.0 Å². The van der Waals surface area contributed by atoms with Crippen molar-refractivity contribution in [1.82, 2.24) is 0 Å². The Bertz CT molecular complexity index is 534. The van der Waals surface area contributed by atoms with Gasteiger partial charge in [-0.2, -0.15) is 4.99 Å². The van der Waals surface area contributed by atoms with Crippen molar-refractivity contribution >= 4 is 17.6 Å². The second-order valence-corrected chi connectivity index (χ2v) is 4.64. The molecule has 0 radical (unpaired) electrons. The van der Waals surface area contributed by atoms with E-state index in [0.29, 0.717) is 5.75 Å². The van der Waals surface area contributed by atoms with Crippen molar-refractivity contribution in [1.29, 1.82) is 0 Å². The van der Waals surface area contributed by atoms with E-state index in [2.05, 4.69) is 9.98 Å². The molecule has 108 valence electrons. The number of nitrogens with zero attached hydrogens (tertiary/aromatic N) is 2. The van der Waals surface area contributed by atoms with Crippen molar-refractivity contribution < 1.29 is 9.13 Å². The maximum Gasteiger partial charge on any atom is 0.223 e. The highest BCUT2D eigenvalue weighted by Gasteiger charge is 2.18. The average molecular weight is 279 g/mol. The fraction of sp³-hybridized carbons (Fsp3) is 0.385. The first-order chi connectivity index (χ1) is 9.54. The maximum atomic E-state index is 13.3. The number of guanidine groups is 2. The summed E-state index contributed by atoms with van der Waals surface area (Å²) < 4.78 is 19.1. The first-order valence-electron chi connectivity index (χ1n) is 6.44. The molecule has 20 heavy (non-hydrogen) atoms. The van der Waals surface area contributed by atoms with Gasteiger partial charge < -0.3 is 21.9 Å². The Morgan fingerprint density at radius 1 is 1.20 bits per heavy atom. The van der Waals surface area contributed by atoms with Crippen LogP contribution in [0.5, 0.6) is 5.75 Å². The molecule has 0 heterocycles. The summed E-state index contributed by atoms with van der Waals surface area (Å²) >= 11 is 0. The van der Waals surface area contributed by atoms with Gasteiger partial charge in [-0.3, -0.25) is 0 Å². The second-order valence-electron chi connectivity index (χ2n) is 4.64. The van der Waals surface area contributed by atoms with E-state index < -0.39 is 5.82 Å². The minimum Gasteiger partial charge on any atom is -0.488 e. The second kappa shape index (κ2) is 6.23. The van der Waals surface area contributed by atoms with E-state index in [-0.39, 0.29) is 23.7 Å². The van der Waals surface area contributed by atoms with Crippen LogP contribution in [-0.2, 0) is 0 Å². The first kappa shape index (κ1) is 14.1. The van der Waals surface area contributed by atoms with Crippen molar-refractivity contribution in [3.63, 3.8) is 0 Å². The third-order valence-electron chi connectivity index (χ3n) is 3.00. The van der Waals surface area contributed by atoms with Gasteiger partial charge in [-0.05, 0) is 37.8 Å². The molecule has 7 heteroatoms. The lowest BCUT2D eigenvalue weighted by Gasteiger charge is -2.14. The van der Waals surface area contributed by atoms with E-state index in [1.165, 1.54) is 18.2 Å². The third-order valence-corrected chi connectivity index (χ3v) is 3.00. The Hall–Kier alpha value is -2.31. The van der Waals surface area contributed by atoms with E-state index in [4.69, 9.17) is 21.9 Å². The molecule has 1 fully saturated rings. The molecule has 1 aliphatic rings. The van der Waals surface area contributed by atoms with Crippen LogP contribution in [0.3, 0.4) is 0 Å². The molecule has 2 rings (SSSR count). The number of hydrogen-bond acceptors (Lipinski definition) is 2. The SMILES string of the molecule is NC(N)=NC(N)=Nc1cc(F)ccc1OC1CCCC1. The standard InChI is InChI=1S/C13H18FN5O/c14-8-5-6-11(20-9-3-1-2-4-9)10(7-8)18-13(17)19-12(15)16/h5-7,9H,1-4H2,(H6,15,16,17,18,19). The smallest absolute Gasteiger partial charge is 0.223 e. The summed E-state index contributed by atoms with van der Waals surface area (Å²) in [6, 6.07) is 4.09. The fourth-order valence-electron chi connectivity index (χ4n) is 2.14. The van der Waals surface area contributed by atoms with Gasteiger partial charge in [-0.1, -0.05) is 0 Å². The van der Waals surface area contributed by atoms with E-state index in [9.17, 15) is 4.39 Å². The summed E-state index contributed by atoms with van der Waals surface area (Å²) in [6.45, 7) is 0. The van der Waals surface area contributed by atoms with Crippen LogP contribution in [0.1, 0.15) is 25.7 Å². The lowest BCUT2D eigenvalue weighted by atomic mass is 10.2. The number of hydrogen-bond donors (Lipinski definition) is 3. The Morgan fingerprint density at radius 2 is 1.90 bits per heavy atom. The van der Waals surface area contributed by atoms with Crippen molar-refractivity contribution in [3.8, 4) is 5.75 Å². The highest BCUT2D eigenvalue weighted by atomic mass is 19.1. The molecule has 0 aliphatic heterocycles. The summed E-state index contributed by atoms with van der Waals surface area (Å²) in [5.41, 5.74) is 16.3. The minimum absolute atomic E-state index is 0.138. The van der Waals surface area contributed by atoms with Crippen LogP contribution < -0.4 is 21.9 Å². The topological polar surface area (TPSA) is 112 Å².